The number of rotatable bonds is 7. The Kier molecular flexibility index (Phi) is 7.34. The molecule has 9 nitrogen and oxygen atoms in total. The molecule has 0 spiro atoms. The van der Waals surface area contributed by atoms with Gasteiger partial charge < -0.3 is 29.5 Å². The Bertz CT molecular complexity index is 1010. The molecule has 3 fully saturated rings. The number of hydrogen-bond donors (Lipinski definition) is 2. The number of hydrogen-bond acceptors (Lipinski definition) is 8. The first-order valence-electron chi connectivity index (χ1n) is 12.7. The van der Waals surface area contributed by atoms with Crippen LogP contribution in [0, 0.1) is 5.92 Å². The standard InChI is InChI=1S/C26H34N4O5/c1-17-2-6-19(7-3-17)27-26-28-23(25(31)32)22(24(29-26)35-21-10-13-34-16-21)18-4-8-20(9-5-18)30-11-14-33-15-12-30/h4-5,8-9,17,19,21H,2-3,6-7,10-16H2,1H3,(H,31,32)(H,27,28,29)/t17-,19-,21-/m0/s1. The highest BCUT2D eigenvalue weighted by Gasteiger charge is 2.28. The van der Waals surface area contributed by atoms with Crippen LogP contribution < -0.4 is 15.0 Å². The molecule has 9 heteroatoms. The van der Waals surface area contributed by atoms with E-state index < -0.39 is 5.97 Å². The molecule has 0 bridgehead atoms. The molecule has 1 saturated carbocycles. The van der Waals surface area contributed by atoms with Gasteiger partial charge in [0.05, 0.1) is 32.0 Å². The van der Waals surface area contributed by atoms with E-state index in [0.29, 0.717) is 55.3 Å². The van der Waals surface area contributed by atoms with Crippen molar-refractivity contribution >= 4 is 17.6 Å². The molecule has 2 saturated heterocycles. The molecule has 2 aliphatic heterocycles. The first-order chi connectivity index (χ1) is 17.1. The number of carboxylic acid groups (broad SMARTS) is 1. The molecule has 0 radical (unpaired) electrons. The van der Waals surface area contributed by atoms with Gasteiger partial charge in [0, 0.05) is 31.2 Å². The molecule has 2 N–H and O–H groups in total. The van der Waals surface area contributed by atoms with Gasteiger partial charge in [-0.2, -0.15) is 4.98 Å². The van der Waals surface area contributed by atoms with Gasteiger partial charge in [0.15, 0.2) is 5.69 Å². The summed E-state index contributed by atoms with van der Waals surface area (Å²) in [6.07, 6.45) is 4.89. The predicted octanol–water partition coefficient (Wildman–Crippen LogP) is 3.84. The number of benzene rings is 1. The van der Waals surface area contributed by atoms with Crippen LogP contribution in [-0.4, -0.2) is 72.7 Å². The Morgan fingerprint density at radius 2 is 1.77 bits per heavy atom. The number of morpholine rings is 1. The van der Waals surface area contributed by atoms with Gasteiger partial charge in [0.2, 0.25) is 11.8 Å². The van der Waals surface area contributed by atoms with E-state index in [4.69, 9.17) is 19.2 Å². The van der Waals surface area contributed by atoms with Crippen molar-refractivity contribution in [3.8, 4) is 17.0 Å². The average molecular weight is 483 g/mol. The lowest BCUT2D eigenvalue weighted by atomic mass is 9.87. The predicted molar refractivity (Wildman–Crippen MR) is 132 cm³/mol. The fourth-order valence-electron chi connectivity index (χ4n) is 5.02. The van der Waals surface area contributed by atoms with Crippen LogP contribution in [0.3, 0.4) is 0 Å². The number of aromatic carboxylic acids is 1. The summed E-state index contributed by atoms with van der Waals surface area (Å²) in [5, 5.41) is 13.5. The Morgan fingerprint density at radius 3 is 2.43 bits per heavy atom. The van der Waals surface area contributed by atoms with Gasteiger partial charge >= 0.3 is 5.97 Å². The number of nitrogens with zero attached hydrogens (tertiary/aromatic N) is 3. The quantitative estimate of drug-likeness (QED) is 0.609. The zero-order valence-corrected chi connectivity index (χ0v) is 20.2. The third-order valence-electron chi connectivity index (χ3n) is 7.13. The molecule has 1 aromatic heterocycles. The van der Waals surface area contributed by atoms with Gasteiger partial charge in [-0.15, -0.1) is 0 Å². The second kappa shape index (κ2) is 10.8. The monoisotopic (exact) mass is 482 g/mol. The van der Waals surface area contributed by atoms with Crippen molar-refractivity contribution in [3.63, 3.8) is 0 Å². The summed E-state index contributed by atoms with van der Waals surface area (Å²) in [6.45, 7) is 6.42. The summed E-state index contributed by atoms with van der Waals surface area (Å²) in [7, 11) is 0. The van der Waals surface area contributed by atoms with E-state index in [1.807, 2.05) is 24.3 Å². The van der Waals surface area contributed by atoms with Crippen LogP contribution in [0.2, 0.25) is 0 Å². The number of carboxylic acids is 1. The first-order valence-corrected chi connectivity index (χ1v) is 12.7. The molecule has 35 heavy (non-hydrogen) atoms. The Morgan fingerprint density at radius 1 is 1.03 bits per heavy atom. The van der Waals surface area contributed by atoms with Crippen molar-refractivity contribution in [1.29, 1.82) is 0 Å². The average Bonchev–Trinajstić information content (AvgIpc) is 3.39. The molecule has 3 aliphatic rings. The fraction of sp³-hybridized carbons (Fsp3) is 0.577. The lowest BCUT2D eigenvalue weighted by Gasteiger charge is -2.29. The molecule has 0 unspecified atom stereocenters. The summed E-state index contributed by atoms with van der Waals surface area (Å²) in [5.41, 5.74) is 2.14. The lowest BCUT2D eigenvalue weighted by Crippen LogP contribution is -2.36. The Hall–Kier alpha value is -2.91. The van der Waals surface area contributed by atoms with E-state index in [1.165, 1.54) is 0 Å². The minimum Gasteiger partial charge on any atom is -0.476 e. The van der Waals surface area contributed by atoms with E-state index in [-0.39, 0.29) is 17.8 Å². The Labute approximate surface area is 205 Å². The van der Waals surface area contributed by atoms with Crippen molar-refractivity contribution in [2.24, 2.45) is 5.92 Å². The van der Waals surface area contributed by atoms with E-state index in [2.05, 4.69) is 22.1 Å². The van der Waals surface area contributed by atoms with E-state index in [9.17, 15) is 9.90 Å². The summed E-state index contributed by atoms with van der Waals surface area (Å²) >= 11 is 0. The van der Waals surface area contributed by atoms with Crippen molar-refractivity contribution in [3.05, 3.63) is 30.0 Å². The van der Waals surface area contributed by atoms with Gasteiger partial charge in [-0.3, -0.25) is 0 Å². The normalized spacial score (nSPS) is 24.8. The van der Waals surface area contributed by atoms with Gasteiger partial charge in [-0.25, -0.2) is 9.78 Å². The summed E-state index contributed by atoms with van der Waals surface area (Å²) in [5.74, 6) is 0.211. The Balaban J connectivity index is 1.48. The van der Waals surface area contributed by atoms with E-state index in [0.717, 1.165) is 50.9 Å². The number of aromatic nitrogens is 2. The first kappa shape index (κ1) is 23.8. The minimum absolute atomic E-state index is 0.0558. The summed E-state index contributed by atoms with van der Waals surface area (Å²) < 4.78 is 17.2. The lowest BCUT2D eigenvalue weighted by molar-refractivity contribution is 0.0690. The third-order valence-corrected chi connectivity index (χ3v) is 7.13. The number of anilines is 2. The SMILES string of the molecule is C[C@H]1CC[C@H](Nc2nc(O[C@H]3CCOC3)c(-c3ccc(N4CCOCC4)cc3)c(C(=O)O)n2)CC1. The highest BCUT2D eigenvalue weighted by Crippen LogP contribution is 2.36. The van der Waals surface area contributed by atoms with Crippen LogP contribution in [0.4, 0.5) is 11.6 Å². The smallest absolute Gasteiger partial charge is 0.355 e. The maximum absolute atomic E-state index is 12.4. The maximum Gasteiger partial charge on any atom is 0.355 e. The molecular weight excluding hydrogens is 448 g/mol. The number of ether oxygens (including phenoxy) is 3. The molecule has 3 heterocycles. The van der Waals surface area contributed by atoms with Crippen molar-refractivity contribution < 1.29 is 24.1 Å². The van der Waals surface area contributed by atoms with Gasteiger partial charge in [-0.1, -0.05) is 19.1 Å². The summed E-state index contributed by atoms with van der Waals surface area (Å²) in [4.78, 5) is 23.8. The highest BCUT2D eigenvalue weighted by molar-refractivity contribution is 5.96. The molecule has 5 rings (SSSR count). The number of nitrogens with one attached hydrogen (secondary N) is 1. The maximum atomic E-state index is 12.4. The molecule has 1 aliphatic carbocycles. The van der Waals surface area contributed by atoms with Crippen LogP contribution >= 0.6 is 0 Å². The molecular formula is C26H34N4O5. The van der Waals surface area contributed by atoms with Gasteiger partial charge in [0.25, 0.3) is 0 Å². The van der Waals surface area contributed by atoms with Gasteiger partial charge in [-0.05, 0) is 49.3 Å². The van der Waals surface area contributed by atoms with Crippen molar-refractivity contribution in [2.45, 2.75) is 51.2 Å². The molecule has 188 valence electrons. The van der Waals surface area contributed by atoms with Gasteiger partial charge in [0.1, 0.15) is 6.10 Å². The van der Waals surface area contributed by atoms with Crippen molar-refractivity contribution in [2.75, 3.05) is 49.7 Å². The van der Waals surface area contributed by atoms with Crippen LogP contribution in [0.5, 0.6) is 5.88 Å². The minimum atomic E-state index is -1.10. The third kappa shape index (κ3) is 5.67. The van der Waals surface area contributed by atoms with Crippen LogP contribution in [0.1, 0.15) is 49.5 Å². The molecule has 1 aromatic carbocycles. The van der Waals surface area contributed by atoms with Crippen LogP contribution in [-0.2, 0) is 9.47 Å². The van der Waals surface area contributed by atoms with Crippen LogP contribution in [0.25, 0.3) is 11.1 Å². The second-order valence-electron chi connectivity index (χ2n) is 9.73. The van der Waals surface area contributed by atoms with E-state index >= 15 is 0 Å². The zero-order valence-electron chi connectivity index (χ0n) is 20.2. The van der Waals surface area contributed by atoms with E-state index in [1.54, 1.807) is 0 Å². The zero-order chi connectivity index (χ0) is 24.2. The number of carbonyl (C=O) groups is 1. The summed E-state index contributed by atoms with van der Waals surface area (Å²) in [6, 6.07) is 8.08. The molecule has 1 atom stereocenters. The largest absolute Gasteiger partial charge is 0.476 e. The molecule has 0 amide bonds. The topological polar surface area (TPSA) is 106 Å². The van der Waals surface area contributed by atoms with Crippen LogP contribution in [0.15, 0.2) is 24.3 Å². The van der Waals surface area contributed by atoms with Crippen molar-refractivity contribution in [1.82, 2.24) is 9.97 Å². The molecule has 2 aromatic rings. The fourth-order valence-corrected chi connectivity index (χ4v) is 5.02. The highest BCUT2D eigenvalue weighted by atomic mass is 16.5. The second-order valence-corrected chi connectivity index (χ2v) is 9.73.